The zero-order valence-electron chi connectivity index (χ0n) is 21.7. The summed E-state index contributed by atoms with van der Waals surface area (Å²) in [6, 6.07) is 13.5. The number of carboxylic acids is 1. The van der Waals surface area contributed by atoms with Gasteiger partial charge < -0.3 is 36.1 Å². The van der Waals surface area contributed by atoms with Crippen molar-refractivity contribution in [1.82, 2.24) is 19.7 Å². The van der Waals surface area contributed by atoms with Gasteiger partial charge in [-0.15, -0.1) is 5.10 Å². The molecule has 1 aliphatic rings. The molecule has 208 valence electrons. The van der Waals surface area contributed by atoms with Crippen LogP contribution in [0.4, 0.5) is 11.5 Å². The Morgan fingerprint density at radius 1 is 1.27 bits per heavy atom. The van der Waals surface area contributed by atoms with Crippen molar-refractivity contribution in [2.45, 2.75) is 19.6 Å². The molecule has 0 radical (unpaired) electrons. The summed E-state index contributed by atoms with van der Waals surface area (Å²) < 4.78 is 17.8. The number of aromatic nitrogens is 4. The Morgan fingerprint density at radius 3 is 2.65 bits per heavy atom. The van der Waals surface area contributed by atoms with E-state index in [0.717, 1.165) is 18.1 Å². The van der Waals surface area contributed by atoms with Crippen molar-refractivity contribution in [1.29, 1.82) is 5.41 Å². The number of fused-ring (bicyclic) bond motifs is 1. The molecular weight excluding hydrogens is 520 g/mol. The van der Waals surface area contributed by atoms with Crippen molar-refractivity contribution in [2.24, 2.45) is 5.73 Å². The fourth-order valence-electron chi connectivity index (χ4n) is 3.97. The van der Waals surface area contributed by atoms with Gasteiger partial charge in [0, 0.05) is 29.9 Å². The van der Waals surface area contributed by atoms with Crippen LogP contribution in [0.1, 0.15) is 35.5 Å². The van der Waals surface area contributed by atoms with Gasteiger partial charge in [-0.1, -0.05) is 0 Å². The minimum Gasteiger partial charge on any atom is -0.493 e. The summed E-state index contributed by atoms with van der Waals surface area (Å²) in [5, 5.41) is 23.0. The molecule has 2 aromatic carbocycles. The molecule has 4 aromatic rings. The first-order valence-corrected chi connectivity index (χ1v) is 11.9. The number of methoxy groups -OCH3 is 1. The number of carbonyl (C=O) groups is 1. The van der Waals surface area contributed by atoms with Gasteiger partial charge in [-0.3, -0.25) is 15.2 Å². The van der Waals surface area contributed by atoms with Crippen LogP contribution >= 0.6 is 0 Å². The Kier molecular flexibility index (Phi) is 8.30. The van der Waals surface area contributed by atoms with Crippen LogP contribution in [0, 0.1) is 5.41 Å². The van der Waals surface area contributed by atoms with E-state index in [1.165, 1.54) is 10.9 Å². The largest absolute Gasteiger partial charge is 0.493 e. The van der Waals surface area contributed by atoms with Crippen LogP contribution in [0.5, 0.6) is 11.5 Å². The maximum Gasteiger partial charge on any atom is 0.348 e. The van der Waals surface area contributed by atoms with E-state index in [1.54, 1.807) is 43.5 Å². The highest BCUT2D eigenvalue weighted by Crippen LogP contribution is 2.38. The number of ether oxygens (including phenoxy) is 3. The molecule has 0 spiro atoms. The average Bonchev–Trinajstić information content (AvgIpc) is 3.32. The number of pyridine rings is 1. The normalized spacial score (nSPS) is 12.7. The van der Waals surface area contributed by atoms with Crippen LogP contribution in [0.15, 0.2) is 59.5 Å². The molecule has 0 saturated heterocycles. The quantitative estimate of drug-likeness (QED) is 0.145. The third-order valence-corrected chi connectivity index (χ3v) is 5.71. The smallest absolute Gasteiger partial charge is 0.348 e. The second-order valence-corrected chi connectivity index (χ2v) is 8.54. The van der Waals surface area contributed by atoms with Gasteiger partial charge in [-0.25, -0.2) is 9.78 Å². The van der Waals surface area contributed by atoms with Crippen LogP contribution < -0.4 is 31.9 Å². The van der Waals surface area contributed by atoms with Crippen LogP contribution in [-0.4, -0.2) is 50.6 Å². The van der Waals surface area contributed by atoms with Gasteiger partial charge in [0.15, 0.2) is 24.1 Å². The number of amidine groups is 1. The summed E-state index contributed by atoms with van der Waals surface area (Å²) in [7, 11) is 1.56. The molecule has 5 rings (SSSR count). The van der Waals surface area contributed by atoms with Gasteiger partial charge in [-0.05, 0) is 54.1 Å². The maximum absolute atomic E-state index is 12.9. The van der Waals surface area contributed by atoms with Gasteiger partial charge in [0.2, 0.25) is 0 Å². The zero-order valence-corrected chi connectivity index (χ0v) is 21.7. The molecule has 3 heterocycles. The van der Waals surface area contributed by atoms with E-state index < -0.39 is 17.7 Å². The molecule has 0 bridgehead atoms. The number of hydrogen-bond donors (Lipinski definition) is 6. The number of nitrogens with two attached hydrogens (primary N) is 2. The van der Waals surface area contributed by atoms with E-state index in [2.05, 4.69) is 20.4 Å². The van der Waals surface area contributed by atoms with Gasteiger partial charge in [0.25, 0.3) is 5.97 Å². The number of anilines is 2. The fourth-order valence-corrected chi connectivity index (χ4v) is 3.97. The van der Waals surface area contributed by atoms with E-state index in [-0.39, 0.29) is 18.4 Å². The molecule has 1 atom stereocenters. The first-order valence-electron chi connectivity index (χ1n) is 11.9. The van der Waals surface area contributed by atoms with E-state index in [1.807, 2.05) is 12.1 Å². The van der Waals surface area contributed by atoms with Gasteiger partial charge in [0.1, 0.15) is 23.4 Å². The van der Waals surface area contributed by atoms with Gasteiger partial charge >= 0.3 is 5.69 Å². The highest BCUT2D eigenvalue weighted by molar-refractivity contribution is 5.95. The number of carboxylic acid groups (broad SMARTS) is 1. The summed E-state index contributed by atoms with van der Waals surface area (Å²) in [4.78, 5) is 28.8. The number of H-pyrrole nitrogens is 1. The second-order valence-electron chi connectivity index (χ2n) is 8.54. The highest BCUT2D eigenvalue weighted by atomic mass is 16.7. The van der Waals surface area contributed by atoms with Crippen molar-refractivity contribution in [2.75, 3.05) is 25.0 Å². The number of nitrogen functional groups attached to an aromatic ring is 2. The second kappa shape index (κ2) is 12.0. The summed E-state index contributed by atoms with van der Waals surface area (Å²) in [5.41, 5.74) is 14.3. The molecular formula is C26H28N8O6. The molecule has 0 saturated carbocycles. The van der Waals surface area contributed by atoms with Crippen LogP contribution in [0.3, 0.4) is 0 Å². The Bertz CT molecular complexity index is 1560. The fraction of sp³-hybridized carbons (Fsp3) is 0.192. The topological polar surface area (TPSA) is 216 Å². The van der Waals surface area contributed by atoms with E-state index >= 15 is 0 Å². The lowest BCUT2D eigenvalue weighted by Gasteiger charge is -2.24. The average molecular weight is 549 g/mol. The van der Waals surface area contributed by atoms with Crippen LogP contribution in [0.2, 0.25) is 0 Å². The molecule has 0 unspecified atom stereocenters. The monoisotopic (exact) mass is 548 g/mol. The van der Waals surface area contributed by atoms with E-state index in [0.29, 0.717) is 40.9 Å². The SMILES string of the molecule is CC(=O)O.COc1cc([C@H](Nc2ccc(C(=N)N)cc2)c2nn(-c3cccnc3N)c(=O)[nH]2)cc2c1OCOC2. The first kappa shape index (κ1) is 27.7. The summed E-state index contributed by atoms with van der Waals surface area (Å²) in [5.74, 6) is 0.780. The molecule has 0 amide bonds. The van der Waals surface area contributed by atoms with E-state index in [9.17, 15) is 4.79 Å². The number of aromatic amines is 1. The Labute approximate surface area is 228 Å². The number of rotatable bonds is 7. The Balaban J connectivity index is 0.000000867. The van der Waals surface area contributed by atoms with Crippen LogP contribution in [-0.2, 0) is 16.1 Å². The molecule has 0 aliphatic carbocycles. The number of aliphatic carboxylic acids is 1. The summed E-state index contributed by atoms with van der Waals surface area (Å²) in [6.07, 6.45) is 1.54. The zero-order chi connectivity index (χ0) is 28.8. The molecule has 14 heteroatoms. The van der Waals surface area contributed by atoms with Crippen molar-refractivity contribution >= 4 is 23.3 Å². The standard InChI is InChI=1S/C24H24N8O4.C2H4O2/c1-34-18-10-14(9-15-11-35-12-36-20(15)18)19(29-16-6-4-13(5-7-16)21(25)26)23-30-24(33)32(31-23)17-3-2-8-28-22(17)27;1-2(3)4/h2-10,19,29H,11-12H2,1H3,(H3,25,26)(H2,27,28)(H,30,31,33);1H3,(H,3,4)/t19-;/m0./s1. The minimum absolute atomic E-state index is 0.0327. The molecule has 8 N–H and O–H groups in total. The Hall–Kier alpha value is -5.37. The van der Waals surface area contributed by atoms with Crippen molar-refractivity contribution in [3.8, 4) is 17.2 Å². The number of nitrogens with one attached hydrogen (secondary N) is 3. The van der Waals surface area contributed by atoms with Crippen molar-refractivity contribution < 1.29 is 24.1 Å². The van der Waals surface area contributed by atoms with Gasteiger partial charge in [-0.2, -0.15) is 4.68 Å². The lowest BCUT2D eigenvalue weighted by molar-refractivity contribution is -0.134. The van der Waals surface area contributed by atoms with Crippen LogP contribution in [0.25, 0.3) is 5.69 Å². The van der Waals surface area contributed by atoms with Crippen molar-refractivity contribution in [3.05, 3.63) is 87.7 Å². The molecule has 14 nitrogen and oxygen atoms in total. The number of benzene rings is 2. The van der Waals surface area contributed by atoms with E-state index in [4.69, 9.17) is 41.0 Å². The third-order valence-electron chi connectivity index (χ3n) is 5.71. The Morgan fingerprint density at radius 2 is 2.00 bits per heavy atom. The molecule has 0 fully saturated rings. The predicted octanol–water partition coefficient (Wildman–Crippen LogP) is 1.99. The molecule has 2 aromatic heterocycles. The molecule has 1 aliphatic heterocycles. The minimum atomic E-state index is -0.833. The number of hydrogen-bond acceptors (Lipinski definition) is 10. The molecule has 40 heavy (non-hydrogen) atoms. The van der Waals surface area contributed by atoms with Gasteiger partial charge in [0.05, 0.1) is 13.7 Å². The lowest BCUT2D eigenvalue weighted by Crippen LogP contribution is -2.18. The highest BCUT2D eigenvalue weighted by Gasteiger charge is 2.25. The summed E-state index contributed by atoms with van der Waals surface area (Å²) >= 11 is 0. The third kappa shape index (κ3) is 6.19. The first-order chi connectivity index (χ1) is 19.2. The number of nitrogens with zero attached hydrogens (tertiary/aromatic N) is 3. The van der Waals surface area contributed by atoms with Crippen molar-refractivity contribution in [3.63, 3.8) is 0 Å². The lowest BCUT2D eigenvalue weighted by atomic mass is 10.0. The summed E-state index contributed by atoms with van der Waals surface area (Å²) in [6.45, 7) is 1.56. The maximum atomic E-state index is 12.9. The predicted molar refractivity (Wildman–Crippen MR) is 146 cm³/mol.